The quantitative estimate of drug-likeness (QED) is 0.671. The average Bonchev–Trinajstić information content (AvgIpc) is 2.82. The van der Waals surface area contributed by atoms with Crippen LogP contribution in [0.4, 0.5) is 0 Å². The molecule has 2 aromatic carbocycles. The monoisotopic (exact) mass is 278 g/mol. The van der Waals surface area contributed by atoms with Crippen LogP contribution in [-0.4, -0.2) is 9.55 Å². The van der Waals surface area contributed by atoms with E-state index in [-0.39, 0.29) is 0 Å². The Morgan fingerprint density at radius 2 is 1.81 bits per heavy atom. The standard InChI is InChI=1S/C19H22N2/c1-13(2)19-20-17-7-5-6-8-18(17)21(19)12-16-11-14(3)9-10-15(16)4/h5-11,13H,12H2,1-4H3. The van der Waals surface area contributed by atoms with Gasteiger partial charge in [-0.1, -0.05) is 49.7 Å². The van der Waals surface area contributed by atoms with Crippen molar-refractivity contribution in [3.8, 4) is 0 Å². The molecule has 0 aliphatic carbocycles. The Morgan fingerprint density at radius 3 is 2.57 bits per heavy atom. The molecule has 3 rings (SSSR count). The maximum absolute atomic E-state index is 4.82. The van der Waals surface area contributed by atoms with Crippen LogP contribution < -0.4 is 0 Å². The van der Waals surface area contributed by atoms with Crippen LogP contribution in [0.2, 0.25) is 0 Å². The van der Waals surface area contributed by atoms with Crippen LogP contribution in [0.5, 0.6) is 0 Å². The van der Waals surface area contributed by atoms with Crippen LogP contribution >= 0.6 is 0 Å². The lowest BCUT2D eigenvalue weighted by Crippen LogP contribution is -2.08. The summed E-state index contributed by atoms with van der Waals surface area (Å²) in [5.74, 6) is 1.58. The highest BCUT2D eigenvalue weighted by Gasteiger charge is 2.14. The normalized spacial score (nSPS) is 11.5. The number of aryl methyl sites for hydroxylation is 2. The summed E-state index contributed by atoms with van der Waals surface area (Å²) in [6.07, 6.45) is 0. The number of para-hydroxylation sites is 2. The predicted molar refractivity (Wildman–Crippen MR) is 88.8 cm³/mol. The number of nitrogens with zero attached hydrogens (tertiary/aromatic N) is 2. The van der Waals surface area contributed by atoms with Gasteiger partial charge in [0.15, 0.2) is 0 Å². The number of fused-ring (bicyclic) bond motifs is 1. The Bertz CT molecular complexity index is 781. The Morgan fingerprint density at radius 1 is 1.05 bits per heavy atom. The molecule has 0 amide bonds. The van der Waals surface area contributed by atoms with Gasteiger partial charge in [-0.2, -0.15) is 0 Å². The molecule has 3 aromatic rings. The zero-order valence-corrected chi connectivity index (χ0v) is 13.2. The molecule has 0 radical (unpaired) electrons. The molecule has 0 N–H and O–H groups in total. The van der Waals surface area contributed by atoms with Gasteiger partial charge in [-0.3, -0.25) is 0 Å². The first-order valence-electron chi connectivity index (χ1n) is 7.57. The first-order chi connectivity index (χ1) is 10.1. The number of rotatable bonds is 3. The molecule has 0 unspecified atom stereocenters. The maximum atomic E-state index is 4.82. The van der Waals surface area contributed by atoms with E-state index in [1.807, 2.05) is 0 Å². The van der Waals surface area contributed by atoms with Crippen molar-refractivity contribution in [3.63, 3.8) is 0 Å². The van der Waals surface area contributed by atoms with Gasteiger partial charge in [0.25, 0.3) is 0 Å². The number of benzene rings is 2. The van der Waals surface area contributed by atoms with E-state index >= 15 is 0 Å². The highest BCUT2D eigenvalue weighted by atomic mass is 15.1. The third-order valence-electron chi connectivity index (χ3n) is 4.03. The Labute approximate surface area is 126 Å². The fraction of sp³-hybridized carbons (Fsp3) is 0.316. The molecule has 108 valence electrons. The first kappa shape index (κ1) is 13.9. The lowest BCUT2D eigenvalue weighted by Gasteiger charge is -2.14. The zero-order valence-electron chi connectivity index (χ0n) is 13.2. The third-order valence-corrected chi connectivity index (χ3v) is 4.03. The van der Waals surface area contributed by atoms with Gasteiger partial charge in [0.05, 0.1) is 11.0 Å². The van der Waals surface area contributed by atoms with Crippen molar-refractivity contribution >= 4 is 11.0 Å². The van der Waals surface area contributed by atoms with E-state index in [1.165, 1.54) is 22.2 Å². The number of aromatic nitrogens is 2. The molecule has 0 spiro atoms. The van der Waals surface area contributed by atoms with E-state index in [0.717, 1.165) is 17.9 Å². The Kier molecular flexibility index (Phi) is 3.54. The van der Waals surface area contributed by atoms with E-state index in [2.05, 4.69) is 74.7 Å². The summed E-state index contributed by atoms with van der Waals surface area (Å²) in [7, 11) is 0. The molecule has 1 aromatic heterocycles. The highest BCUT2D eigenvalue weighted by Crippen LogP contribution is 2.24. The van der Waals surface area contributed by atoms with E-state index in [4.69, 9.17) is 4.98 Å². The summed E-state index contributed by atoms with van der Waals surface area (Å²) >= 11 is 0. The van der Waals surface area contributed by atoms with E-state index in [1.54, 1.807) is 0 Å². The molecule has 0 atom stereocenters. The van der Waals surface area contributed by atoms with Crippen molar-refractivity contribution in [1.82, 2.24) is 9.55 Å². The summed E-state index contributed by atoms with van der Waals surface area (Å²) in [6, 6.07) is 15.1. The van der Waals surface area contributed by atoms with Gasteiger partial charge in [0.1, 0.15) is 5.82 Å². The van der Waals surface area contributed by atoms with Gasteiger partial charge >= 0.3 is 0 Å². The summed E-state index contributed by atoms with van der Waals surface area (Å²) in [5, 5.41) is 0. The fourth-order valence-electron chi connectivity index (χ4n) is 2.84. The summed E-state index contributed by atoms with van der Waals surface area (Å²) in [4.78, 5) is 4.82. The van der Waals surface area contributed by atoms with Crippen LogP contribution in [0.15, 0.2) is 42.5 Å². The minimum Gasteiger partial charge on any atom is -0.323 e. The van der Waals surface area contributed by atoms with Crippen molar-refractivity contribution in [3.05, 3.63) is 65.0 Å². The summed E-state index contributed by atoms with van der Waals surface area (Å²) in [5.41, 5.74) is 6.34. The van der Waals surface area contributed by atoms with Crippen LogP contribution in [0.3, 0.4) is 0 Å². The highest BCUT2D eigenvalue weighted by molar-refractivity contribution is 5.76. The second-order valence-electron chi connectivity index (χ2n) is 6.13. The summed E-state index contributed by atoms with van der Waals surface area (Å²) in [6.45, 7) is 9.64. The Balaban J connectivity index is 2.15. The topological polar surface area (TPSA) is 17.8 Å². The maximum Gasteiger partial charge on any atom is 0.112 e. The van der Waals surface area contributed by atoms with Crippen molar-refractivity contribution in [2.45, 2.75) is 40.2 Å². The molecule has 21 heavy (non-hydrogen) atoms. The Hall–Kier alpha value is -2.09. The largest absolute Gasteiger partial charge is 0.323 e. The molecule has 0 saturated heterocycles. The van der Waals surface area contributed by atoms with Gasteiger partial charge in [-0.05, 0) is 37.1 Å². The van der Waals surface area contributed by atoms with Gasteiger partial charge in [0, 0.05) is 12.5 Å². The summed E-state index contributed by atoms with van der Waals surface area (Å²) < 4.78 is 2.36. The number of hydrogen-bond acceptors (Lipinski definition) is 1. The second kappa shape index (κ2) is 5.36. The molecule has 0 aliphatic rings. The van der Waals surface area contributed by atoms with E-state index in [0.29, 0.717) is 5.92 Å². The molecule has 0 bridgehead atoms. The molecule has 0 saturated carbocycles. The van der Waals surface area contributed by atoms with Gasteiger partial charge < -0.3 is 4.57 Å². The minimum absolute atomic E-state index is 0.419. The van der Waals surface area contributed by atoms with E-state index in [9.17, 15) is 0 Å². The molecular weight excluding hydrogens is 256 g/mol. The number of imidazole rings is 1. The molecule has 0 fully saturated rings. The third kappa shape index (κ3) is 2.58. The minimum atomic E-state index is 0.419. The average molecular weight is 278 g/mol. The van der Waals surface area contributed by atoms with Gasteiger partial charge in [-0.15, -0.1) is 0 Å². The van der Waals surface area contributed by atoms with Crippen molar-refractivity contribution in [1.29, 1.82) is 0 Å². The second-order valence-corrected chi connectivity index (χ2v) is 6.13. The molecule has 0 aliphatic heterocycles. The van der Waals surface area contributed by atoms with Gasteiger partial charge in [0.2, 0.25) is 0 Å². The lowest BCUT2D eigenvalue weighted by atomic mass is 10.1. The van der Waals surface area contributed by atoms with Crippen LogP contribution in [0.1, 0.15) is 42.3 Å². The zero-order chi connectivity index (χ0) is 15.0. The SMILES string of the molecule is Cc1ccc(C)c(Cn2c(C(C)C)nc3ccccc32)c1. The molecule has 2 nitrogen and oxygen atoms in total. The predicted octanol–water partition coefficient (Wildman–Crippen LogP) is 4.82. The molecular formula is C19H22N2. The van der Waals surface area contributed by atoms with Crippen LogP contribution in [-0.2, 0) is 6.54 Å². The molecule has 1 heterocycles. The van der Waals surface area contributed by atoms with Crippen molar-refractivity contribution < 1.29 is 0 Å². The number of hydrogen-bond donors (Lipinski definition) is 0. The lowest BCUT2D eigenvalue weighted by molar-refractivity contribution is 0.681. The fourth-order valence-corrected chi connectivity index (χ4v) is 2.84. The smallest absolute Gasteiger partial charge is 0.112 e. The van der Waals surface area contributed by atoms with Gasteiger partial charge in [-0.25, -0.2) is 4.98 Å². The van der Waals surface area contributed by atoms with E-state index < -0.39 is 0 Å². The van der Waals surface area contributed by atoms with Crippen molar-refractivity contribution in [2.75, 3.05) is 0 Å². The van der Waals surface area contributed by atoms with Crippen molar-refractivity contribution in [2.24, 2.45) is 0 Å². The first-order valence-corrected chi connectivity index (χ1v) is 7.57. The molecule has 2 heteroatoms. The van der Waals surface area contributed by atoms with Crippen LogP contribution in [0, 0.1) is 13.8 Å². The van der Waals surface area contributed by atoms with Crippen LogP contribution in [0.25, 0.3) is 11.0 Å².